The first-order chi connectivity index (χ1) is 13.5. The summed E-state index contributed by atoms with van der Waals surface area (Å²) in [6.07, 6.45) is 2.38. The van der Waals surface area contributed by atoms with E-state index in [1.54, 1.807) is 23.1 Å². The molecule has 1 amide bonds. The predicted molar refractivity (Wildman–Crippen MR) is 107 cm³/mol. The van der Waals surface area contributed by atoms with Crippen molar-refractivity contribution in [3.63, 3.8) is 0 Å². The number of hydrogen-bond donors (Lipinski definition) is 0. The van der Waals surface area contributed by atoms with Gasteiger partial charge in [0.25, 0.3) is 0 Å². The van der Waals surface area contributed by atoms with E-state index in [2.05, 4.69) is 11.2 Å². The Kier molecular flexibility index (Phi) is 5.38. The normalized spacial score (nSPS) is 21.6. The fourth-order valence-corrected chi connectivity index (χ4v) is 4.23. The van der Waals surface area contributed by atoms with Gasteiger partial charge in [0.05, 0.1) is 12.3 Å². The van der Waals surface area contributed by atoms with Gasteiger partial charge in [0.15, 0.2) is 5.78 Å². The second kappa shape index (κ2) is 7.94. The number of benzene rings is 2. The monoisotopic (exact) mass is 416 g/mol. The highest BCUT2D eigenvalue weighted by Gasteiger charge is 2.43. The zero-order chi connectivity index (χ0) is 19.7. The quantitative estimate of drug-likeness (QED) is 0.426. The first-order valence-electron chi connectivity index (χ1n) is 9.05. The van der Waals surface area contributed by atoms with Gasteiger partial charge in [-0.25, -0.2) is 0 Å². The van der Waals surface area contributed by atoms with Crippen LogP contribution in [0.4, 0.5) is 0 Å². The molecule has 2 aromatic carbocycles. The molecule has 0 bridgehead atoms. The predicted octanol–water partition coefficient (Wildman–Crippen LogP) is 4.21. The van der Waals surface area contributed by atoms with E-state index in [0.717, 1.165) is 17.5 Å². The maximum Gasteiger partial charge on any atom is 0.239 e. The Morgan fingerprint density at radius 3 is 2.82 bits per heavy atom. The number of amides is 1. The molecule has 7 heteroatoms. The molecule has 2 aliphatic rings. The Morgan fingerprint density at radius 1 is 1.18 bits per heavy atom. The lowest BCUT2D eigenvalue weighted by Crippen LogP contribution is -2.51. The topological polar surface area (TPSA) is 59.0 Å². The van der Waals surface area contributed by atoms with E-state index in [9.17, 15) is 9.59 Å². The summed E-state index contributed by atoms with van der Waals surface area (Å²) in [5, 5.41) is 4.86. The van der Waals surface area contributed by atoms with Crippen molar-refractivity contribution in [2.45, 2.75) is 25.5 Å². The van der Waals surface area contributed by atoms with Gasteiger partial charge in [-0.1, -0.05) is 58.7 Å². The van der Waals surface area contributed by atoms with Gasteiger partial charge in [0.1, 0.15) is 12.5 Å². The van der Waals surface area contributed by atoms with Gasteiger partial charge >= 0.3 is 0 Å². The molecule has 1 fully saturated rings. The van der Waals surface area contributed by atoms with E-state index < -0.39 is 5.92 Å². The number of fused-ring (bicyclic) bond motifs is 3. The second-order valence-corrected chi connectivity index (χ2v) is 7.75. The van der Waals surface area contributed by atoms with Crippen LogP contribution in [0.5, 0.6) is 0 Å². The molecule has 2 aliphatic heterocycles. The van der Waals surface area contributed by atoms with Crippen LogP contribution in [0.1, 0.15) is 29.2 Å². The molecule has 28 heavy (non-hydrogen) atoms. The number of nitrogens with zero attached hydrogens (tertiary/aromatic N) is 2. The molecule has 4 rings (SSSR count). The number of halogens is 2. The lowest BCUT2D eigenvalue weighted by molar-refractivity contribution is -0.146. The minimum Gasteiger partial charge on any atom is -0.391 e. The van der Waals surface area contributed by atoms with E-state index in [1.165, 1.54) is 11.8 Å². The molecule has 0 saturated carbocycles. The number of carbonyl (C=O) groups excluding carboxylic acids is 2. The van der Waals surface area contributed by atoms with Crippen LogP contribution < -0.4 is 0 Å². The van der Waals surface area contributed by atoms with Gasteiger partial charge in [-0.3, -0.25) is 9.59 Å². The van der Waals surface area contributed by atoms with Crippen LogP contribution in [0, 0.1) is 5.92 Å². The average molecular weight is 417 g/mol. The summed E-state index contributed by atoms with van der Waals surface area (Å²) < 4.78 is 0. The smallest absolute Gasteiger partial charge is 0.239 e. The summed E-state index contributed by atoms with van der Waals surface area (Å²) in [5.41, 5.74) is 3.00. The molecular formula is C21H18Cl2N2O3. The average Bonchev–Trinajstić information content (AvgIpc) is 2.68. The van der Waals surface area contributed by atoms with Crippen LogP contribution in [0.2, 0.25) is 10.0 Å². The summed E-state index contributed by atoms with van der Waals surface area (Å²) in [7, 11) is 0. The fourth-order valence-electron chi connectivity index (χ4n) is 3.77. The Hall–Kier alpha value is -2.37. The molecule has 0 unspecified atom stereocenters. The maximum absolute atomic E-state index is 12.9. The highest BCUT2D eigenvalue weighted by atomic mass is 35.5. The van der Waals surface area contributed by atoms with E-state index >= 15 is 0 Å². The summed E-state index contributed by atoms with van der Waals surface area (Å²) in [5.74, 6) is -1.25. The molecule has 0 aromatic heterocycles. The van der Waals surface area contributed by atoms with Crippen LogP contribution >= 0.6 is 23.2 Å². The van der Waals surface area contributed by atoms with Crippen LogP contribution in [0.25, 0.3) is 0 Å². The van der Waals surface area contributed by atoms with Gasteiger partial charge in [0, 0.05) is 28.6 Å². The number of Topliss-reactive ketones (excluding diaryl/α,β-unsaturated/α-hetero) is 1. The van der Waals surface area contributed by atoms with Gasteiger partial charge in [-0.2, -0.15) is 0 Å². The third kappa shape index (κ3) is 3.64. The SMILES string of the molecule is O=C1C[C@@H]2c3ccccc3CCN2C(=O)[C@@H]1/C=N\OCc1ccc(Cl)cc1Cl. The molecule has 2 aromatic rings. The highest BCUT2D eigenvalue weighted by Crippen LogP contribution is 2.37. The zero-order valence-electron chi connectivity index (χ0n) is 15.0. The van der Waals surface area contributed by atoms with Gasteiger partial charge in [0.2, 0.25) is 5.91 Å². The number of ketones is 1. The molecule has 0 N–H and O–H groups in total. The number of hydrogen-bond acceptors (Lipinski definition) is 4. The van der Waals surface area contributed by atoms with Gasteiger partial charge < -0.3 is 9.74 Å². The van der Waals surface area contributed by atoms with Crippen LogP contribution in [0.3, 0.4) is 0 Å². The lowest BCUT2D eigenvalue weighted by atomic mass is 9.82. The van der Waals surface area contributed by atoms with Crippen molar-refractivity contribution in [1.82, 2.24) is 4.90 Å². The number of piperidine rings is 1. The largest absolute Gasteiger partial charge is 0.391 e. The van der Waals surface area contributed by atoms with E-state index in [-0.39, 0.29) is 24.3 Å². The van der Waals surface area contributed by atoms with E-state index in [0.29, 0.717) is 23.0 Å². The van der Waals surface area contributed by atoms with Crippen molar-refractivity contribution < 1.29 is 14.4 Å². The Labute approximate surface area is 172 Å². The van der Waals surface area contributed by atoms with Crippen molar-refractivity contribution in [2.75, 3.05) is 6.54 Å². The Morgan fingerprint density at radius 2 is 2.00 bits per heavy atom. The molecule has 0 spiro atoms. The third-order valence-corrected chi connectivity index (χ3v) is 5.81. The first-order valence-corrected chi connectivity index (χ1v) is 9.80. The second-order valence-electron chi connectivity index (χ2n) is 6.91. The fraction of sp³-hybridized carbons (Fsp3) is 0.286. The zero-order valence-corrected chi connectivity index (χ0v) is 16.5. The minimum absolute atomic E-state index is 0.126. The van der Waals surface area contributed by atoms with Crippen molar-refractivity contribution in [3.8, 4) is 0 Å². The Balaban J connectivity index is 1.43. The van der Waals surface area contributed by atoms with Crippen LogP contribution in [0.15, 0.2) is 47.6 Å². The standard InChI is InChI=1S/C21H18Cl2N2O3/c22-15-6-5-14(18(23)9-15)12-28-24-11-17-20(26)10-19-16-4-2-1-3-13(16)7-8-25(19)21(17)27/h1-6,9,11,17,19H,7-8,10,12H2/b24-11-/t17-,19-/m1/s1. The molecule has 0 aliphatic carbocycles. The number of oxime groups is 1. The van der Waals surface area contributed by atoms with Crippen molar-refractivity contribution in [3.05, 3.63) is 69.2 Å². The summed E-state index contributed by atoms with van der Waals surface area (Å²) in [6, 6.07) is 12.9. The molecule has 144 valence electrons. The minimum atomic E-state index is -0.901. The van der Waals surface area contributed by atoms with E-state index in [4.69, 9.17) is 28.0 Å². The summed E-state index contributed by atoms with van der Waals surface area (Å²) in [4.78, 5) is 32.5. The molecular weight excluding hydrogens is 399 g/mol. The molecule has 2 atom stereocenters. The van der Waals surface area contributed by atoms with Crippen LogP contribution in [-0.4, -0.2) is 29.3 Å². The number of rotatable bonds is 4. The van der Waals surface area contributed by atoms with Crippen molar-refractivity contribution in [1.29, 1.82) is 0 Å². The Bertz CT molecular complexity index is 960. The third-order valence-electron chi connectivity index (χ3n) is 5.22. The number of carbonyl (C=O) groups is 2. The van der Waals surface area contributed by atoms with Crippen LogP contribution in [-0.2, 0) is 27.5 Å². The molecule has 5 nitrogen and oxygen atoms in total. The summed E-state index contributed by atoms with van der Waals surface area (Å²) in [6.45, 7) is 0.737. The van der Waals surface area contributed by atoms with E-state index in [1.807, 2.05) is 18.2 Å². The molecule has 1 saturated heterocycles. The molecule has 0 radical (unpaired) electrons. The maximum atomic E-state index is 12.9. The van der Waals surface area contributed by atoms with Crippen molar-refractivity contribution in [2.24, 2.45) is 11.1 Å². The first kappa shape index (κ1) is 19.0. The summed E-state index contributed by atoms with van der Waals surface area (Å²) >= 11 is 12.0. The lowest BCUT2D eigenvalue weighted by Gasteiger charge is -2.41. The van der Waals surface area contributed by atoms with Gasteiger partial charge in [-0.05, 0) is 29.7 Å². The van der Waals surface area contributed by atoms with Gasteiger partial charge in [-0.15, -0.1) is 0 Å². The van der Waals surface area contributed by atoms with Crippen molar-refractivity contribution >= 4 is 41.1 Å². The highest BCUT2D eigenvalue weighted by molar-refractivity contribution is 6.35. The molecule has 2 heterocycles.